The second-order valence-electron chi connectivity index (χ2n) is 6.18. The average Bonchev–Trinajstić information content (AvgIpc) is 2.76. The molecule has 32 heavy (non-hydrogen) atoms. The summed E-state index contributed by atoms with van der Waals surface area (Å²) < 4.78 is 44.4. The van der Waals surface area contributed by atoms with Crippen LogP contribution in [0.4, 0.5) is 24.5 Å². The summed E-state index contributed by atoms with van der Waals surface area (Å²) in [5, 5.41) is 14.8. The lowest BCUT2D eigenvalue weighted by atomic mass is 10.1. The molecule has 0 radical (unpaired) electrons. The van der Waals surface area contributed by atoms with Crippen molar-refractivity contribution in [1.29, 1.82) is 0 Å². The molecule has 174 valence electrons. The van der Waals surface area contributed by atoms with Gasteiger partial charge in [-0.05, 0) is 65.3 Å². The second kappa shape index (κ2) is 13.5. The van der Waals surface area contributed by atoms with E-state index >= 15 is 0 Å². The molecule has 2 aromatic rings. The molecule has 7 nitrogen and oxygen atoms in total. The highest BCUT2D eigenvalue weighted by Crippen LogP contribution is 2.30. The van der Waals surface area contributed by atoms with Crippen LogP contribution in [-0.4, -0.2) is 49.1 Å². The Hall–Kier alpha value is -2.03. The normalized spacial score (nSPS) is 11.1. The summed E-state index contributed by atoms with van der Waals surface area (Å²) in [5.74, 6) is -3.53. The van der Waals surface area contributed by atoms with E-state index in [0.717, 1.165) is 24.5 Å². The highest BCUT2D eigenvalue weighted by Gasteiger charge is 2.23. The van der Waals surface area contributed by atoms with Crippen LogP contribution in [0.25, 0.3) is 0 Å². The number of aliphatic hydroxyl groups is 1. The van der Waals surface area contributed by atoms with Crippen molar-refractivity contribution in [3.63, 3.8) is 0 Å². The first-order valence-corrected chi connectivity index (χ1v) is 11.8. The van der Waals surface area contributed by atoms with Crippen LogP contribution in [0.2, 0.25) is 0 Å². The molecule has 0 fully saturated rings. The number of oxime groups is 1. The van der Waals surface area contributed by atoms with Crippen molar-refractivity contribution in [2.24, 2.45) is 5.16 Å². The molecular formula is C20H21F3IN3O4S. The summed E-state index contributed by atoms with van der Waals surface area (Å²) in [6.07, 6.45) is 3.60. The molecule has 0 unspecified atom stereocenters. The molecule has 0 bridgehead atoms. The lowest BCUT2D eigenvalue weighted by Gasteiger charge is -2.15. The van der Waals surface area contributed by atoms with Gasteiger partial charge in [0, 0.05) is 9.13 Å². The number of halogens is 4. The number of anilines is 2. The van der Waals surface area contributed by atoms with Crippen LogP contribution in [0, 0.1) is 21.0 Å². The molecule has 3 N–H and O–H groups in total. The van der Waals surface area contributed by atoms with Gasteiger partial charge in [-0.3, -0.25) is 9.63 Å². The van der Waals surface area contributed by atoms with E-state index in [2.05, 4.69) is 10.5 Å². The number of amides is 1. The smallest absolute Gasteiger partial charge is 0.277 e. The van der Waals surface area contributed by atoms with E-state index < -0.39 is 29.0 Å². The van der Waals surface area contributed by atoms with Gasteiger partial charge in [-0.2, -0.15) is 11.8 Å². The number of aliphatic hydroxyl groups excluding tert-OH is 1. The zero-order valence-corrected chi connectivity index (χ0v) is 19.9. The molecule has 0 saturated heterocycles. The van der Waals surface area contributed by atoms with Crippen molar-refractivity contribution in [2.75, 3.05) is 37.1 Å². The standard InChI is InChI=1S/C20H21F3IN3O4S/c1-32-8-2-6-30-25-11-12-9-14(20(29)27-31-7-5-28)19(18(23)17(12)22)26-16-4-3-13(24)10-15(16)21/h3-4,9-11,26,28H,2,5-8H2,1H3,(H,27,29)/b25-11+. The minimum atomic E-state index is -1.42. The van der Waals surface area contributed by atoms with Crippen LogP contribution in [0.3, 0.4) is 0 Å². The van der Waals surface area contributed by atoms with Gasteiger partial charge < -0.3 is 15.3 Å². The Morgan fingerprint density at radius 2 is 2.03 bits per heavy atom. The van der Waals surface area contributed by atoms with E-state index in [9.17, 15) is 18.0 Å². The number of nitrogens with zero attached hydrogens (tertiary/aromatic N) is 1. The van der Waals surface area contributed by atoms with Gasteiger partial charge in [0.1, 0.15) is 12.4 Å². The van der Waals surface area contributed by atoms with Gasteiger partial charge in [0.05, 0.1) is 36.4 Å². The van der Waals surface area contributed by atoms with E-state index in [-0.39, 0.29) is 36.6 Å². The molecule has 0 aromatic heterocycles. The number of thioether (sulfide) groups is 1. The van der Waals surface area contributed by atoms with Gasteiger partial charge in [-0.15, -0.1) is 0 Å². The predicted octanol–water partition coefficient (Wildman–Crippen LogP) is 4.21. The Kier molecular flexibility index (Phi) is 11.1. The molecular weight excluding hydrogens is 562 g/mol. The molecule has 2 aromatic carbocycles. The number of hydroxylamine groups is 1. The quantitative estimate of drug-likeness (QED) is 0.150. The molecule has 2 rings (SSSR count). The number of hydrogen-bond donors (Lipinski definition) is 3. The highest BCUT2D eigenvalue weighted by atomic mass is 127. The van der Waals surface area contributed by atoms with E-state index in [1.165, 1.54) is 12.1 Å². The first kappa shape index (κ1) is 26.2. The van der Waals surface area contributed by atoms with Crippen molar-refractivity contribution >= 4 is 57.8 Å². The van der Waals surface area contributed by atoms with Gasteiger partial charge >= 0.3 is 0 Å². The maximum absolute atomic E-state index is 14.9. The zero-order valence-electron chi connectivity index (χ0n) is 17.0. The van der Waals surface area contributed by atoms with Crippen LogP contribution in [0.5, 0.6) is 0 Å². The third-order valence-electron chi connectivity index (χ3n) is 3.88. The monoisotopic (exact) mass is 583 g/mol. The van der Waals surface area contributed by atoms with E-state index in [1.807, 2.05) is 34.3 Å². The third kappa shape index (κ3) is 7.53. The van der Waals surface area contributed by atoms with Gasteiger partial charge in [0.2, 0.25) is 0 Å². The van der Waals surface area contributed by atoms with Gasteiger partial charge in [-0.1, -0.05) is 5.16 Å². The summed E-state index contributed by atoms with van der Waals surface area (Å²) >= 11 is 3.53. The molecule has 0 aliphatic rings. The molecule has 0 saturated carbocycles. The minimum Gasteiger partial charge on any atom is -0.396 e. The SMILES string of the molecule is CSCCCO/N=C/c1cc(C(=O)NOCCO)c(Nc2ccc(I)cc2F)c(F)c1F. The largest absolute Gasteiger partial charge is 0.396 e. The van der Waals surface area contributed by atoms with Crippen LogP contribution in [0.15, 0.2) is 29.4 Å². The molecule has 0 heterocycles. The van der Waals surface area contributed by atoms with Gasteiger partial charge in [0.15, 0.2) is 11.6 Å². The Morgan fingerprint density at radius 1 is 1.25 bits per heavy atom. The third-order valence-corrected chi connectivity index (χ3v) is 5.25. The summed E-state index contributed by atoms with van der Waals surface area (Å²) in [7, 11) is 0. The van der Waals surface area contributed by atoms with Crippen LogP contribution in [0.1, 0.15) is 22.3 Å². The molecule has 12 heteroatoms. The van der Waals surface area contributed by atoms with Crippen molar-refractivity contribution in [2.45, 2.75) is 6.42 Å². The first-order chi connectivity index (χ1) is 15.4. The molecule has 1 amide bonds. The van der Waals surface area contributed by atoms with Crippen LogP contribution < -0.4 is 10.8 Å². The van der Waals surface area contributed by atoms with Crippen LogP contribution in [-0.2, 0) is 9.68 Å². The second-order valence-corrected chi connectivity index (χ2v) is 8.41. The molecule has 0 aliphatic carbocycles. The Morgan fingerprint density at radius 3 is 2.72 bits per heavy atom. The number of carbonyl (C=O) groups is 1. The number of hydrogen-bond acceptors (Lipinski definition) is 7. The summed E-state index contributed by atoms with van der Waals surface area (Å²) in [5.41, 5.74) is 0.536. The Balaban J connectivity index is 2.38. The fourth-order valence-electron chi connectivity index (χ4n) is 2.40. The average molecular weight is 583 g/mol. The summed E-state index contributed by atoms with van der Waals surface area (Å²) in [6.45, 7) is -0.305. The number of rotatable bonds is 12. The van der Waals surface area contributed by atoms with E-state index in [0.29, 0.717) is 3.57 Å². The van der Waals surface area contributed by atoms with Crippen molar-refractivity contribution in [3.05, 3.63) is 56.4 Å². The Bertz CT molecular complexity index is 966. The topological polar surface area (TPSA) is 92.2 Å². The van der Waals surface area contributed by atoms with Crippen molar-refractivity contribution in [3.8, 4) is 0 Å². The van der Waals surface area contributed by atoms with E-state index in [1.54, 1.807) is 17.8 Å². The lowest BCUT2D eigenvalue weighted by molar-refractivity contribution is 0.0168. The van der Waals surface area contributed by atoms with Crippen molar-refractivity contribution < 1.29 is 32.7 Å². The number of benzene rings is 2. The maximum Gasteiger partial charge on any atom is 0.277 e. The lowest BCUT2D eigenvalue weighted by Crippen LogP contribution is -2.26. The Labute approximate surface area is 200 Å². The fraction of sp³-hybridized carbons (Fsp3) is 0.300. The predicted molar refractivity (Wildman–Crippen MR) is 126 cm³/mol. The molecule has 0 atom stereocenters. The summed E-state index contributed by atoms with van der Waals surface area (Å²) in [4.78, 5) is 22.3. The van der Waals surface area contributed by atoms with E-state index in [4.69, 9.17) is 14.8 Å². The minimum absolute atomic E-state index is 0.160. The highest BCUT2D eigenvalue weighted by molar-refractivity contribution is 14.1. The van der Waals surface area contributed by atoms with Gasteiger partial charge in [-0.25, -0.2) is 18.7 Å². The number of carbonyl (C=O) groups excluding carboxylic acids is 1. The summed E-state index contributed by atoms with van der Waals surface area (Å²) in [6, 6.07) is 5.10. The number of nitrogens with one attached hydrogen (secondary N) is 2. The van der Waals surface area contributed by atoms with Crippen molar-refractivity contribution in [1.82, 2.24) is 5.48 Å². The maximum atomic E-state index is 14.9. The van der Waals surface area contributed by atoms with Gasteiger partial charge in [0.25, 0.3) is 5.91 Å². The van der Waals surface area contributed by atoms with Crippen LogP contribution >= 0.6 is 34.4 Å². The first-order valence-electron chi connectivity index (χ1n) is 9.30. The zero-order chi connectivity index (χ0) is 23.5. The fourth-order valence-corrected chi connectivity index (χ4v) is 3.26. The molecule has 0 spiro atoms. The molecule has 0 aliphatic heterocycles.